The SMILES string of the molecule is CC(C)c1ccc(/C=C/C(=O)Oc2ccc3c(=O)c(Oc4ccc(C(C)(C)C)cc4)coc3c2)cc1. The first kappa shape index (κ1) is 25.0. The molecule has 0 fully saturated rings. The van der Waals surface area contributed by atoms with E-state index in [-0.39, 0.29) is 22.3 Å². The fourth-order valence-electron chi connectivity index (χ4n) is 3.68. The van der Waals surface area contributed by atoms with Crippen molar-refractivity contribution in [2.75, 3.05) is 0 Å². The molecule has 4 aromatic rings. The maximum Gasteiger partial charge on any atom is 0.336 e. The molecule has 5 heteroatoms. The van der Waals surface area contributed by atoms with Gasteiger partial charge in [-0.05, 0) is 58.4 Å². The van der Waals surface area contributed by atoms with Crippen LogP contribution in [-0.2, 0) is 10.2 Å². The summed E-state index contributed by atoms with van der Waals surface area (Å²) in [6.07, 6.45) is 4.34. The lowest BCUT2D eigenvalue weighted by Crippen LogP contribution is -2.10. The van der Waals surface area contributed by atoms with Gasteiger partial charge in [0, 0.05) is 12.1 Å². The minimum atomic E-state index is -0.525. The van der Waals surface area contributed by atoms with Crippen molar-refractivity contribution in [3.63, 3.8) is 0 Å². The molecule has 0 amide bonds. The Morgan fingerprint density at radius 1 is 0.917 bits per heavy atom. The Kier molecular flexibility index (Phi) is 7.11. The van der Waals surface area contributed by atoms with Crippen LogP contribution in [0.15, 0.2) is 88.3 Å². The van der Waals surface area contributed by atoms with Gasteiger partial charge >= 0.3 is 5.97 Å². The summed E-state index contributed by atoms with van der Waals surface area (Å²) in [7, 11) is 0. The van der Waals surface area contributed by atoms with E-state index in [0.29, 0.717) is 22.6 Å². The average molecular weight is 483 g/mol. The molecule has 0 bridgehead atoms. The maximum atomic E-state index is 12.9. The van der Waals surface area contributed by atoms with Crippen LogP contribution >= 0.6 is 0 Å². The smallest absolute Gasteiger partial charge is 0.336 e. The third kappa shape index (κ3) is 5.92. The summed E-state index contributed by atoms with van der Waals surface area (Å²) < 4.78 is 16.8. The molecule has 0 N–H and O–H groups in total. The van der Waals surface area contributed by atoms with E-state index in [0.717, 1.165) is 5.56 Å². The monoisotopic (exact) mass is 482 g/mol. The molecule has 1 heterocycles. The Labute approximate surface area is 211 Å². The third-order valence-corrected chi connectivity index (χ3v) is 5.90. The minimum Gasteiger partial charge on any atom is -0.460 e. The van der Waals surface area contributed by atoms with Gasteiger partial charge in [-0.25, -0.2) is 4.79 Å². The molecule has 0 saturated heterocycles. The van der Waals surface area contributed by atoms with Crippen molar-refractivity contribution < 1.29 is 18.7 Å². The highest BCUT2D eigenvalue weighted by Crippen LogP contribution is 2.27. The van der Waals surface area contributed by atoms with E-state index in [4.69, 9.17) is 13.9 Å². The molecule has 0 spiro atoms. The van der Waals surface area contributed by atoms with Gasteiger partial charge in [-0.2, -0.15) is 0 Å². The highest BCUT2D eigenvalue weighted by atomic mass is 16.5. The third-order valence-electron chi connectivity index (χ3n) is 5.90. The Balaban J connectivity index is 1.45. The second kappa shape index (κ2) is 10.2. The second-order valence-corrected chi connectivity index (χ2v) is 10.0. The molecule has 0 aliphatic rings. The summed E-state index contributed by atoms with van der Waals surface area (Å²) in [5.74, 6) is 0.835. The largest absolute Gasteiger partial charge is 0.460 e. The number of esters is 1. The van der Waals surface area contributed by atoms with Crippen LogP contribution in [0, 0.1) is 0 Å². The number of hydrogen-bond donors (Lipinski definition) is 0. The van der Waals surface area contributed by atoms with Crippen LogP contribution in [0.4, 0.5) is 0 Å². The minimum absolute atomic E-state index is 0.0243. The second-order valence-electron chi connectivity index (χ2n) is 10.0. The summed E-state index contributed by atoms with van der Waals surface area (Å²) in [6.45, 7) is 10.7. The van der Waals surface area contributed by atoms with Gasteiger partial charge in [-0.15, -0.1) is 0 Å². The van der Waals surface area contributed by atoms with Gasteiger partial charge < -0.3 is 13.9 Å². The molecular formula is C31H30O5. The van der Waals surface area contributed by atoms with Crippen molar-refractivity contribution in [1.29, 1.82) is 0 Å². The van der Waals surface area contributed by atoms with Crippen LogP contribution in [0.2, 0.25) is 0 Å². The van der Waals surface area contributed by atoms with E-state index in [1.54, 1.807) is 18.2 Å². The number of ether oxygens (including phenoxy) is 2. The van der Waals surface area contributed by atoms with Gasteiger partial charge in [0.25, 0.3) is 0 Å². The zero-order valence-corrected chi connectivity index (χ0v) is 21.2. The van der Waals surface area contributed by atoms with Crippen LogP contribution in [-0.4, -0.2) is 5.97 Å². The Hall–Kier alpha value is -4.12. The topological polar surface area (TPSA) is 65.7 Å². The highest BCUT2D eigenvalue weighted by Gasteiger charge is 2.15. The Morgan fingerprint density at radius 3 is 2.22 bits per heavy atom. The summed E-state index contributed by atoms with van der Waals surface area (Å²) in [5.41, 5.74) is 3.33. The lowest BCUT2D eigenvalue weighted by atomic mass is 9.87. The Morgan fingerprint density at radius 2 is 1.58 bits per heavy atom. The molecule has 0 aliphatic carbocycles. The first-order valence-electron chi connectivity index (χ1n) is 11.9. The highest BCUT2D eigenvalue weighted by molar-refractivity contribution is 5.89. The molecule has 0 radical (unpaired) electrons. The number of fused-ring (bicyclic) bond motifs is 1. The van der Waals surface area contributed by atoms with Gasteiger partial charge in [0.15, 0.2) is 0 Å². The fraction of sp³-hybridized carbons (Fsp3) is 0.226. The molecule has 0 unspecified atom stereocenters. The van der Waals surface area contributed by atoms with Crippen LogP contribution < -0.4 is 14.9 Å². The van der Waals surface area contributed by atoms with Gasteiger partial charge in [-0.1, -0.05) is 71.0 Å². The number of rotatable bonds is 6. The fourth-order valence-corrected chi connectivity index (χ4v) is 3.68. The van der Waals surface area contributed by atoms with Gasteiger partial charge in [0.2, 0.25) is 11.2 Å². The predicted molar refractivity (Wildman–Crippen MR) is 143 cm³/mol. The van der Waals surface area contributed by atoms with E-state index in [2.05, 4.69) is 34.6 Å². The molecule has 4 rings (SSSR count). The van der Waals surface area contributed by atoms with Crippen molar-refractivity contribution >= 4 is 23.0 Å². The van der Waals surface area contributed by atoms with E-state index in [1.165, 1.54) is 29.5 Å². The van der Waals surface area contributed by atoms with Gasteiger partial charge in [0.1, 0.15) is 23.3 Å². The molecule has 3 aromatic carbocycles. The van der Waals surface area contributed by atoms with Crippen molar-refractivity contribution in [3.8, 4) is 17.2 Å². The lowest BCUT2D eigenvalue weighted by Gasteiger charge is -2.19. The van der Waals surface area contributed by atoms with Crippen molar-refractivity contribution in [2.24, 2.45) is 0 Å². The van der Waals surface area contributed by atoms with Gasteiger partial charge in [-0.3, -0.25) is 4.79 Å². The van der Waals surface area contributed by atoms with E-state index >= 15 is 0 Å². The van der Waals surface area contributed by atoms with E-state index in [9.17, 15) is 9.59 Å². The molecule has 36 heavy (non-hydrogen) atoms. The molecule has 5 nitrogen and oxygen atoms in total. The van der Waals surface area contributed by atoms with Crippen LogP contribution in [0.3, 0.4) is 0 Å². The lowest BCUT2D eigenvalue weighted by molar-refractivity contribution is -0.128. The van der Waals surface area contributed by atoms with Crippen LogP contribution in [0.5, 0.6) is 17.2 Å². The molecule has 1 aromatic heterocycles. The summed E-state index contributed by atoms with van der Waals surface area (Å²) in [5, 5.41) is 0.333. The van der Waals surface area contributed by atoms with Crippen molar-refractivity contribution in [3.05, 3.63) is 106 Å². The quantitative estimate of drug-likeness (QED) is 0.161. The van der Waals surface area contributed by atoms with Crippen molar-refractivity contribution in [1.82, 2.24) is 0 Å². The number of hydrogen-bond acceptors (Lipinski definition) is 5. The molecule has 0 saturated carbocycles. The normalized spacial score (nSPS) is 11.8. The molecular weight excluding hydrogens is 452 g/mol. The average Bonchev–Trinajstić information content (AvgIpc) is 2.84. The van der Waals surface area contributed by atoms with E-state index in [1.807, 2.05) is 48.5 Å². The summed E-state index contributed by atoms with van der Waals surface area (Å²) in [6, 6.07) is 20.3. The first-order chi connectivity index (χ1) is 17.1. The number of carbonyl (C=O) groups excluding carboxylic acids is 1. The summed E-state index contributed by atoms with van der Waals surface area (Å²) >= 11 is 0. The zero-order chi connectivity index (χ0) is 25.9. The van der Waals surface area contributed by atoms with Crippen LogP contribution in [0.25, 0.3) is 17.0 Å². The van der Waals surface area contributed by atoms with Crippen LogP contribution in [0.1, 0.15) is 57.2 Å². The van der Waals surface area contributed by atoms with Crippen molar-refractivity contribution in [2.45, 2.75) is 46.0 Å². The number of carbonyl (C=O) groups is 1. The zero-order valence-electron chi connectivity index (χ0n) is 21.2. The standard InChI is InChI=1S/C31H30O5/c1-20(2)22-9-6-21(7-10-22)8-17-29(32)36-25-15-16-26-27(18-25)34-19-28(30(26)33)35-24-13-11-23(12-14-24)31(3,4)5/h6-20H,1-5H3/b17-8+. The molecule has 0 aliphatic heterocycles. The summed E-state index contributed by atoms with van der Waals surface area (Å²) in [4.78, 5) is 25.2. The molecule has 0 atom stereocenters. The Bertz CT molecular complexity index is 1450. The maximum absolute atomic E-state index is 12.9. The first-order valence-corrected chi connectivity index (χ1v) is 11.9. The number of benzene rings is 3. The van der Waals surface area contributed by atoms with Gasteiger partial charge in [0.05, 0.1) is 5.39 Å². The predicted octanol–water partition coefficient (Wildman–Crippen LogP) is 7.63. The molecule has 184 valence electrons. The van der Waals surface area contributed by atoms with E-state index < -0.39 is 5.97 Å².